The van der Waals surface area contributed by atoms with Gasteiger partial charge in [-0.05, 0) is 6.07 Å². The highest BCUT2D eigenvalue weighted by molar-refractivity contribution is 6.06. The molecule has 0 saturated carbocycles. The Morgan fingerprint density at radius 1 is 1.44 bits per heavy atom. The van der Waals surface area contributed by atoms with Crippen LogP contribution in [0.15, 0.2) is 24.4 Å². The Labute approximate surface area is 101 Å². The molecule has 0 unspecified atom stereocenters. The zero-order valence-corrected chi connectivity index (χ0v) is 9.08. The number of carbonyl (C=O) groups excluding carboxylic acids is 1. The standard InChI is InChI=1S/C10H9N5O3/c11-9-6-2-1-5(15(17)18)3-8(6)13-4-7(9)10(16)14-12/h1-4H,12H2,(H2,11,13)(H,14,16). The summed E-state index contributed by atoms with van der Waals surface area (Å²) in [6.07, 6.45) is 1.23. The number of nitrogens with zero attached hydrogens (tertiary/aromatic N) is 2. The van der Waals surface area contributed by atoms with E-state index in [0.717, 1.165) is 0 Å². The number of rotatable bonds is 2. The number of nitrogens with two attached hydrogens (primary N) is 2. The van der Waals surface area contributed by atoms with Gasteiger partial charge in [0, 0.05) is 23.7 Å². The van der Waals surface area contributed by atoms with Crippen LogP contribution in [0.4, 0.5) is 11.4 Å². The van der Waals surface area contributed by atoms with Crippen molar-refractivity contribution >= 4 is 28.2 Å². The zero-order valence-electron chi connectivity index (χ0n) is 9.08. The van der Waals surface area contributed by atoms with Gasteiger partial charge in [-0.1, -0.05) is 0 Å². The smallest absolute Gasteiger partial charge is 0.271 e. The van der Waals surface area contributed by atoms with Crippen LogP contribution >= 0.6 is 0 Å². The number of hydrogen-bond acceptors (Lipinski definition) is 6. The van der Waals surface area contributed by atoms with Gasteiger partial charge in [-0.15, -0.1) is 0 Å². The van der Waals surface area contributed by atoms with E-state index in [2.05, 4.69) is 4.98 Å². The fraction of sp³-hybridized carbons (Fsp3) is 0. The van der Waals surface area contributed by atoms with Crippen molar-refractivity contribution in [2.24, 2.45) is 5.84 Å². The molecular weight excluding hydrogens is 238 g/mol. The molecule has 0 radical (unpaired) electrons. The third-order valence-electron chi connectivity index (χ3n) is 2.48. The minimum absolute atomic E-state index is 0.0922. The van der Waals surface area contributed by atoms with Gasteiger partial charge in [0.1, 0.15) is 0 Å². The molecule has 0 aliphatic carbocycles. The first kappa shape index (κ1) is 11.7. The van der Waals surface area contributed by atoms with E-state index in [9.17, 15) is 14.9 Å². The van der Waals surface area contributed by atoms with Crippen LogP contribution in [0, 0.1) is 10.1 Å². The highest BCUT2D eigenvalue weighted by Gasteiger charge is 2.14. The van der Waals surface area contributed by atoms with Crippen LogP contribution in [0.5, 0.6) is 0 Å². The number of hydrazine groups is 1. The molecule has 1 heterocycles. The summed E-state index contributed by atoms with van der Waals surface area (Å²) in [5, 5.41) is 11.1. The molecule has 0 aliphatic rings. The largest absolute Gasteiger partial charge is 0.397 e. The highest BCUT2D eigenvalue weighted by Crippen LogP contribution is 2.26. The highest BCUT2D eigenvalue weighted by atomic mass is 16.6. The minimum atomic E-state index is -0.569. The molecule has 0 atom stereocenters. The summed E-state index contributed by atoms with van der Waals surface area (Å²) in [5.41, 5.74) is 8.30. The number of pyridine rings is 1. The summed E-state index contributed by atoms with van der Waals surface area (Å²) in [6.45, 7) is 0. The Hall–Kier alpha value is -2.74. The molecule has 8 heteroatoms. The molecule has 92 valence electrons. The Balaban J connectivity index is 2.66. The number of nitro groups is 1. The second-order valence-corrected chi connectivity index (χ2v) is 3.52. The lowest BCUT2D eigenvalue weighted by Gasteiger charge is -2.06. The minimum Gasteiger partial charge on any atom is -0.397 e. The molecule has 0 fully saturated rings. The van der Waals surface area contributed by atoms with Crippen molar-refractivity contribution in [3.8, 4) is 0 Å². The number of nitrogens with one attached hydrogen (secondary N) is 1. The molecule has 2 rings (SSSR count). The molecule has 0 aliphatic heterocycles. The number of anilines is 1. The van der Waals surface area contributed by atoms with Gasteiger partial charge in [0.2, 0.25) is 0 Å². The molecule has 0 spiro atoms. The van der Waals surface area contributed by atoms with Crippen LogP contribution in [0.2, 0.25) is 0 Å². The summed E-state index contributed by atoms with van der Waals surface area (Å²) in [5.74, 6) is 4.44. The van der Waals surface area contributed by atoms with Gasteiger partial charge in [0.25, 0.3) is 11.6 Å². The number of carbonyl (C=O) groups is 1. The maximum atomic E-state index is 11.4. The molecular formula is C10H9N5O3. The number of aromatic nitrogens is 1. The summed E-state index contributed by atoms with van der Waals surface area (Å²) >= 11 is 0. The molecule has 0 bridgehead atoms. The molecule has 18 heavy (non-hydrogen) atoms. The van der Waals surface area contributed by atoms with E-state index in [-0.39, 0.29) is 16.9 Å². The second-order valence-electron chi connectivity index (χ2n) is 3.52. The number of amides is 1. The van der Waals surface area contributed by atoms with Crippen LogP contribution in [-0.2, 0) is 0 Å². The number of benzene rings is 1. The van der Waals surface area contributed by atoms with E-state index in [1.807, 2.05) is 5.43 Å². The lowest BCUT2D eigenvalue weighted by Crippen LogP contribution is -2.30. The van der Waals surface area contributed by atoms with E-state index in [4.69, 9.17) is 11.6 Å². The quantitative estimate of drug-likeness (QED) is 0.302. The molecule has 1 amide bonds. The summed E-state index contributed by atoms with van der Waals surface area (Å²) < 4.78 is 0. The second kappa shape index (κ2) is 4.26. The van der Waals surface area contributed by atoms with Crippen LogP contribution in [0.1, 0.15) is 10.4 Å². The first-order valence-corrected chi connectivity index (χ1v) is 4.88. The first-order chi connectivity index (χ1) is 8.54. The summed E-state index contributed by atoms with van der Waals surface area (Å²) in [7, 11) is 0. The summed E-state index contributed by atoms with van der Waals surface area (Å²) in [4.78, 5) is 25.4. The summed E-state index contributed by atoms with van der Waals surface area (Å²) in [6, 6.07) is 4.03. The van der Waals surface area contributed by atoms with Gasteiger partial charge in [-0.2, -0.15) is 0 Å². The third-order valence-corrected chi connectivity index (χ3v) is 2.48. The maximum Gasteiger partial charge on any atom is 0.271 e. The van der Waals surface area contributed by atoms with Gasteiger partial charge < -0.3 is 5.73 Å². The van der Waals surface area contributed by atoms with Crippen LogP contribution in [0.25, 0.3) is 10.9 Å². The zero-order chi connectivity index (χ0) is 13.3. The van der Waals surface area contributed by atoms with Gasteiger partial charge in [0.05, 0.1) is 21.7 Å². The fourth-order valence-electron chi connectivity index (χ4n) is 1.58. The average Bonchev–Trinajstić information content (AvgIpc) is 2.37. The van der Waals surface area contributed by atoms with Gasteiger partial charge >= 0.3 is 0 Å². The van der Waals surface area contributed by atoms with Crippen molar-refractivity contribution in [2.45, 2.75) is 0 Å². The molecule has 2 aromatic rings. The van der Waals surface area contributed by atoms with Crippen molar-refractivity contribution in [1.82, 2.24) is 10.4 Å². The molecule has 1 aromatic heterocycles. The first-order valence-electron chi connectivity index (χ1n) is 4.88. The van der Waals surface area contributed by atoms with Crippen molar-refractivity contribution in [2.75, 3.05) is 5.73 Å². The number of fused-ring (bicyclic) bond motifs is 1. The lowest BCUT2D eigenvalue weighted by atomic mass is 10.1. The van der Waals surface area contributed by atoms with Gasteiger partial charge in [0.15, 0.2) is 0 Å². The molecule has 8 nitrogen and oxygen atoms in total. The Bertz CT molecular complexity index is 655. The Morgan fingerprint density at radius 3 is 2.78 bits per heavy atom. The van der Waals surface area contributed by atoms with Crippen molar-refractivity contribution in [3.05, 3.63) is 40.1 Å². The Kier molecular flexibility index (Phi) is 2.78. The van der Waals surface area contributed by atoms with Crippen LogP contribution in [-0.4, -0.2) is 15.8 Å². The maximum absolute atomic E-state index is 11.4. The fourth-order valence-corrected chi connectivity index (χ4v) is 1.58. The van der Waals surface area contributed by atoms with E-state index < -0.39 is 10.8 Å². The molecule has 1 aromatic carbocycles. The predicted octanol–water partition coefficient (Wildman–Crippen LogP) is 0.329. The van der Waals surface area contributed by atoms with Gasteiger partial charge in [-0.25, -0.2) is 5.84 Å². The van der Waals surface area contributed by atoms with Crippen molar-refractivity contribution < 1.29 is 9.72 Å². The Morgan fingerprint density at radius 2 is 2.17 bits per heavy atom. The van der Waals surface area contributed by atoms with Crippen LogP contribution in [0.3, 0.4) is 0 Å². The van der Waals surface area contributed by atoms with E-state index in [1.54, 1.807) is 0 Å². The number of nitrogen functional groups attached to an aromatic ring is 2. The number of hydrogen-bond donors (Lipinski definition) is 3. The number of non-ortho nitro benzene ring substituents is 1. The predicted molar refractivity (Wildman–Crippen MR) is 64.5 cm³/mol. The monoisotopic (exact) mass is 247 g/mol. The third kappa shape index (κ3) is 1.80. The van der Waals surface area contributed by atoms with Crippen LogP contribution < -0.4 is 17.0 Å². The molecule has 0 saturated heterocycles. The van der Waals surface area contributed by atoms with Crippen molar-refractivity contribution in [1.29, 1.82) is 0 Å². The average molecular weight is 247 g/mol. The van der Waals surface area contributed by atoms with E-state index >= 15 is 0 Å². The topological polar surface area (TPSA) is 137 Å². The van der Waals surface area contributed by atoms with E-state index in [1.165, 1.54) is 24.4 Å². The van der Waals surface area contributed by atoms with E-state index in [0.29, 0.717) is 10.9 Å². The number of nitro benzene ring substituents is 1. The lowest BCUT2D eigenvalue weighted by molar-refractivity contribution is -0.384. The SMILES string of the molecule is NNC(=O)c1cnc2cc([N+](=O)[O-])ccc2c1N. The van der Waals surface area contributed by atoms with Crippen molar-refractivity contribution in [3.63, 3.8) is 0 Å². The normalized spacial score (nSPS) is 10.3. The molecule has 5 N–H and O–H groups in total. The van der Waals surface area contributed by atoms with Gasteiger partial charge in [-0.3, -0.25) is 25.3 Å².